The fourth-order valence-corrected chi connectivity index (χ4v) is 1.23. The number of aromatic nitrogens is 4. The molecule has 0 unspecified atom stereocenters. The van der Waals surface area contributed by atoms with E-state index in [0.29, 0.717) is 12.5 Å². The highest BCUT2D eigenvalue weighted by Gasteiger charge is 2.01. The van der Waals surface area contributed by atoms with Gasteiger partial charge >= 0.3 is 0 Å². The molecule has 2 rings (SSSR count). The second-order valence-electron chi connectivity index (χ2n) is 3.53. The average Bonchev–Trinajstić information content (AvgIpc) is 2.79. The Morgan fingerprint density at radius 1 is 1.31 bits per heavy atom. The van der Waals surface area contributed by atoms with Crippen molar-refractivity contribution in [2.45, 2.75) is 6.54 Å². The Labute approximate surface area is 93.8 Å². The summed E-state index contributed by atoms with van der Waals surface area (Å²) in [5.74, 6) is 2.35. The maximum absolute atomic E-state index is 4.33. The molecular formula is C10H14N6. The van der Waals surface area contributed by atoms with Crippen molar-refractivity contribution in [3.63, 3.8) is 0 Å². The molecule has 0 aromatic carbocycles. The fourth-order valence-electron chi connectivity index (χ4n) is 1.23. The molecule has 2 aromatic heterocycles. The molecule has 6 heteroatoms. The summed E-state index contributed by atoms with van der Waals surface area (Å²) in [6.45, 7) is 0.622. The first-order valence-electron chi connectivity index (χ1n) is 4.98. The number of anilines is 2. The zero-order valence-electron chi connectivity index (χ0n) is 9.31. The highest BCUT2D eigenvalue weighted by molar-refractivity contribution is 5.40. The molecule has 0 atom stereocenters. The number of H-pyrrole nitrogens is 1. The first-order valence-corrected chi connectivity index (χ1v) is 4.98. The van der Waals surface area contributed by atoms with Crippen LogP contribution in [0.2, 0.25) is 0 Å². The molecule has 0 aliphatic heterocycles. The summed E-state index contributed by atoms with van der Waals surface area (Å²) >= 11 is 0. The minimum atomic E-state index is 0.622. The lowest BCUT2D eigenvalue weighted by Gasteiger charge is -2.11. The van der Waals surface area contributed by atoms with Crippen LogP contribution >= 0.6 is 0 Å². The van der Waals surface area contributed by atoms with Gasteiger partial charge in [-0.1, -0.05) is 0 Å². The van der Waals surface area contributed by atoms with Crippen molar-refractivity contribution < 1.29 is 0 Å². The molecule has 16 heavy (non-hydrogen) atoms. The SMILES string of the molecule is CN(C)c1nccc(NCc2ncc[nH]2)n1. The second kappa shape index (κ2) is 4.61. The van der Waals surface area contributed by atoms with Crippen molar-refractivity contribution in [2.75, 3.05) is 24.3 Å². The Morgan fingerprint density at radius 3 is 2.88 bits per heavy atom. The van der Waals surface area contributed by atoms with E-state index < -0.39 is 0 Å². The van der Waals surface area contributed by atoms with Crippen LogP contribution in [0.3, 0.4) is 0 Å². The van der Waals surface area contributed by atoms with E-state index in [1.807, 2.05) is 25.1 Å². The van der Waals surface area contributed by atoms with Gasteiger partial charge < -0.3 is 15.2 Å². The van der Waals surface area contributed by atoms with Crippen molar-refractivity contribution >= 4 is 11.8 Å². The predicted octanol–water partition coefficient (Wildman–Crippen LogP) is 0.878. The first kappa shape index (κ1) is 10.4. The molecule has 0 aliphatic rings. The Bertz CT molecular complexity index is 436. The van der Waals surface area contributed by atoms with Gasteiger partial charge in [0.05, 0.1) is 6.54 Å². The highest BCUT2D eigenvalue weighted by Crippen LogP contribution is 2.08. The normalized spacial score (nSPS) is 10.1. The van der Waals surface area contributed by atoms with Gasteiger partial charge in [0.1, 0.15) is 11.6 Å². The van der Waals surface area contributed by atoms with E-state index in [0.717, 1.165) is 11.6 Å². The van der Waals surface area contributed by atoms with Gasteiger partial charge in [-0.3, -0.25) is 0 Å². The number of imidazole rings is 1. The third kappa shape index (κ3) is 2.47. The van der Waals surface area contributed by atoms with Crippen LogP contribution in [-0.4, -0.2) is 34.0 Å². The van der Waals surface area contributed by atoms with E-state index in [4.69, 9.17) is 0 Å². The van der Waals surface area contributed by atoms with Crippen LogP contribution in [0.25, 0.3) is 0 Å². The van der Waals surface area contributed by atoms with E-state index >= 15 is 0 Å². The molecule has 0 saturated heterocycles. The maximum atomic E-state index is 4.33. The van der Waals surface area contributed by atoms with Crippen molar-refractivity contribution in [3.05, 3.63) is 30.5 Å². The van der Waals surface area contributed by atoms with Crippen LogP contribution in [-0.2, 0) is 6.54 Å². The molecule has 0 fully saturated rings. The minimum Gasteiger partial charge on any atom is -0.363 e. The number of rotatable bonds is 4. The summed E-state index contributed by atoms with van der Waals surface area (Å²) in [6.07, 6.45) is 5.25. The molecular weight excluding hydrogens is 204 g/mol. The third-order valence-electron chi connectivity index (χ3n) is 2.03. The molecule has 0 aliphatic carbocycles. The smallest absolute Gasteiger partial charge is 0.226 e. The zero-order valence-corrected chi connectivity index (χ0v) is 9.31. The molecule has 2 N–H and O–H groups in total. The summed E-state index contributed by atoms with van der Waals surface area (Å²) in [5.41, 5.74) is 0. The van der Waals surface area contributed by atoms with E-state index in [-0.39, 0.29) is 0 Å². The summed E-state index contributed by atoms with van der Waals surface area (Å²) in [4.78, 5) is 17.5. The van der Waals surface area contributed by atoms with Gasteiger partial charge in [0.2, 0.25) is 5.95 Å². The van der Waals surface area contributed by atoms with Crippen LogP contribution in [0, 0.1) is 0 Å². The zero-order chi connectivity index (χ0) is 11.4. The van der Waals surface area contributed by atoms with E-state index in [2.05, 4.69) is 25.3 Å². The Kier molecular flexibility index (Phi) is 3.00. The van der Waals surface area contributed by atoms with Gasteiger partial charge in [-0.25, -0.2) is 9.97 Å². The van der Waals surface area contributed by atoms with Crippen molar-refractivity contribution in [2.24, 2.45) is 0 Å². The van der Waals surface area contributed by atoms with Crippen molar-refractivity contribution in [1.82, 2.24) is 19.9 Å². The Balaban J connectivity index is 2.01. The second-order valence-corrected chi connectivity index (χ2v) is 3.53. The van der Waals surface area contributed by atoms with Crippen LogP contribution in [0.5, 0.6) is 0 Å². The van der Waals surface area contributed by atoms with Gasteiger partial charge in [-0.15, -0.1) is 0 Å². The first-order chi connectivity index (χ1) is 7.75. The molecule has 0 amide bonds. The van der Waals surface area contributed by atoms with E-state index in [9.17, 15) is 0 Å². The number of hydrogen-bond donors (Lipinski definition) is 2. The lowest BCUT2D eigenvalue weighted by Crippen LogP contribution is -2.13. The Morgan fingerprint density at radius 2 is 2.19 bits per heavy atom. The standard InChI is InChI=1S/C10H14N6/c1-16(2)10-13-4-3-8(15-10)14-7-9-11-5-6-12-9/h3-6H,7H2,1-2H3,(H,11,12)(H,13,14,15). The number of nitrogens with one attached hydrogen (secondary N) is 2. The summed E-state index contributed by atoms with van der Waals surface area (Å²) in [6, 6.07) is 1.83. The Hall–Kier alpha value is -2.11. The van der Waals surface area contributed by atoms with Gasteiger partial charge in [0.25, 0.3) is 0 Å². The predicted molar refractivity (Wildman–Crippen MR) is 62.3 cm³/mol. The third-order valence-corrected chi connectivity index (χ3v) is 2.03. The average molecular weight is 218 g/mol. The van der Waals surface area contributed by atoms with Crippen LogP contribution in [0.15, 0.2) is 24.7 Å². The minimum absolute atomic E-state index is 0.622. The largest absolute Gasteiger partial charge is 0.363 e. The molecule has 2 aromatic rings. The summed E-state index contributed by atoms with van der Waals surface area (Å²) in [5, 5.41) is 3.17. The van der Waals surface area contributed by atoms with Gasteiger partial charge in [-0.05, 0) is 6.07 Å². The summed E-state index contributed by atoms with van der Waals surface area (Å²) in [7, 11) is 3.82. The lowest BCUT2D eigenvalue weighted by atomic mass is 10.5. The molecule has 84 valence electrons. The molecule has 0 radical (unpaired) electrons. The molecule has 0 bridgehead atoms. The van der Waals surface area contributed by atoms with Crippen molar-refractivity contribution in [1.29, 1.82) is 0 Å². The van der Waals surface area contributed by atoms with Gasteiger partial charge in [0, 0.05) is 32.7 Å². The number of nitrogens with zero attached hydrogens (tertiary/aromatic N) is 4. The fraction of sp³-hybridized carbons (Fsp3) is 0.300. The molecule has 2 heterocycles. The van der Waals surface area contributed by atoms with E-state index in [1.54, 1.807) is 18.6 Å². The topological polar surface area (TPSA) is 69.7 Å². The van der Waals surface area contributed by atoms with Crippen molar-refractivity contribution in [3.8, 4) is 0 Å². The lowest BCUT2D eigenvalue weighted by molar-refractivity contribution is 0.960. The monoisotopic (exact) mass is 218 g/mol. The van der Waals surface area contributed by atoms with Crippen LogP contribution in [0.4, 0.5) is 11.8 Å². The molecule has 0 saturated carbocycles. The summed E-state index contributed by atoms with van der Waals surface area (Å²) < 4.78 is 0. The van der Waals surface area contributed by atoms with E-state index in [1.165, 1.54) is 0 Å². The van der Waals surface area contributed by atoms with Gasteiger partial charge in [0.15, 0.2) is 0 Å². The molecule has 0 spiro atoms. The quantitative estimate of drug-likeness (QED) is 0.797. The number of aromatic amines is 1. The van der Waals surface area contributed by atoms with Crippen LogP contribution < -0.4 is 10.2 Å². The number of hydrogen-bond acceptors (Lipinski definition) is 5. The molecule has 6 nitrogen and oxygen atoms in total. The van der Waals surface area contributed by atoms with Gasteiger partial charge in [-0.2, -0.15) is 4.98 Å². The maximum Gasteiger partial charge on any atom is 0.226 e. The van der Waals surface area contributed by atoms with Crippen LogP contribution in [0.1, 0.15) is 5.82 Å². The highest BCUT2D eigenvalue weighted by atomic mass is 15.2.